The minimum atomic E-state index is 0.241. The fraction of sp³-hybridized carbons (Fsp3) is 0.579. The molecular formula is C19H26N2. The van der Waals surface area contributed by atoms with Crippen molar-refractivity contribution >= 4 is 10.9 Å². The molecule has 2 atom stereocenters. The quantitative estimate of drug-likeness (QED) is 0.881. The van der Waals surface area contributed by atoms with Gasteiger partial charge < -0.3 is 4.98 Å². The van der Waals surface area contributed by atoms with Crippen LogP contribution in [0.5, 0.6) is 0 Å². The third-order valence-corrected chi connectivity index (χ3v) is 5.81. The van der Waals surface area contributed by atoms with Crippen molar-refractivity contribution in [2.75, 3.05) is 13.1 Å². The maximum absolute atomic E-state index is 3.76. The number of nitrogens with zero attached hydrogens (tertiary/aromatic N) is 1. The lowest BCUT2D eigenvalue weighted by Crippen LogP contribution is -2.44. The number of para-hydroxylation sites is 1. The zero-order valence-corrected chi connectivity index (χ0v) is 13.3. The molecular weight excluding hydrogens is 256 g/mol. The van der Waals surface area contributed by atoms with Gasteiger partial charge in [0.25, 0.3) is 0 Å². The molecule has 0 spiro atoms. The van der Waals surface area contributed by atoms with Gasteiger partial charge in [-0.1, -0.05) is 38.0 Å². The Bertz CT molecular complexity index is 657. The lowest BCUT2D eigenvalue weighted by Gasteiger charge is -2.39. The first-order valence-corrected chi connectivity index (χ1v) is 8.57. The second-order valence-corrected chi connectivity index (χ2v) is 7.21. The van der Waals surface area contributed by atoms with E-state index in [0.717, 1.165) is 5.92 Å². The van der Waals surface area contributed by atoms with Gasteiger partial charge >= 0.3 is 0 Å². The number of rotatable bonds is 3. The lowest BCUT2D eigenvalue weighted by molar-refractivity contribution is 0.139. The van der Waals surface area contributed by atoms with E-state index in [-0.39, 0.29) is 5.54 Å². The van der Waals surface area contributed by atoms with Crippen LogP contribution in [0.3, 0.4) is 0 Å². The molecule has 2 aliphatic heterocycles. The molecule has 1 fully saturated rings. The summed E-state index contributed by atoms with van der Waals surface area (Å²) >= 11 is 0. The van der Waals surface area contributed by atoms with Crippen molar-refractivity contribution in [2.24, 2.45) is 5.92 Å². The Morgan fingerprint density at radius 1 is 1.33 bits per heavy atom. The van der Waals surface area contributed by atoms with Crippen molar-refractivity contribution in [3.8, 4) is 0 Å². The van der Waals surface area contributed by atoms with E-state index in [0.29, 0.717) is 0 Å². The first-order chi connectivity index (χ1) is 10.2. The molecule has 1 saturated heterocycles. The molecule has 21 heavy (non-hydrogen) atoms. The van der Waals surface area contributed by atoms with Crippen LogP contribution in [0.1, 0.15) is 50.8 Å². The number of hydrogen-bond acceptors (Lipinski definition) is 1. The number of benzene rings is 1. The molecule has 1 aromatic heterocycles. The smallest absolute Gasteiger partial charge is 0.0589 e. The van der Waals surface area contributed by atoms with Gasteiger partial charge in [-0.25, -0.2) is 0 Å². The second kappa shape index (κ2) is 4.88. The molecule has 2 aliphatic rings. The summed E-state index contributed by atoms with van der Waals surface area (Å²) in [4.78, 5) is 6.50. The summed E-state index contributed by atoms with van der Waals surface area (Å²) in [6.07, 6.45) is 6.64. The van der Waals surface area contributed by atoms with Crippen molar-refractivity contribution in [2.45, 2.75) is 51.5 Å². The van der Waals surface area contributed by atoms with E-state index in [1.807, 2.05) is 0 Å². The van der Waals surface area contributed by atoms with Gasteiger partial charge in [0.1, 0.15) is 0 Å². The van der Waals surface area contributed by atoms with Crippen molar-refractivity contribution in [3.05, 3.63) is 35.5 Å². The highest BCUT2D eigenvalue weighted by molar-refractivity contribution is 5.85. The van der Waals surface area contributed by atoms with E-state index >= 15 is 0 Å². The van der Waals surface area contributed by atoms with Crippen LogP contribution in [0.15, 0.2) is 24.3 Å². The van der Waals surface area contributed by atoms with Gasteiger partial charge in [-0.15, -0.1) is 0 Å². The van der Waals surface area contributed by atoms with Crippen molar-refractivity contribution in [3.63, 3.8) is 0 Å². The summed E-state index contributed by atoms with van der Waals surface area (Å²) in [6, 6.07) is 8.82. The summed E-state index contributed by atoms with van der Waals surface area (Å²) in [5.41, 5.74) is 4.65. The summed E-state index contributed by atoms with van der Waals surface area (Å²) < 4.78 is 0. The molecule has 2 heteroatoms. The van der Waals surface area contributed by atoms with Crippen molar-refractivity contribution < 1.29 is 0 Å². The van der Waals surface area contributed by atoms with Crippen LogP contribution in [-0.2, 0) is 12.0 Å². The maximum Gasteiger partial charge on any atom is 0.0589 e. The molecule has 0 unspecified atom stereocenters. The average Bonchev–Trinajstić information content (AvgIpc) is 3.03. The van der Waals surface area contributed by atoms with E-state index in [2.05, 4.69) is 48.0 Å². The molecule has 4 rings (SSSR count). The number of nitrogens with one attached hydrogen (secondary N) is 1. The minimum Gasteiger partial charge on any atom is -0.357 e. The number of fused-ring (bicyclic) bond motifs is 5. The first kappa shape index (κ1) is 13.4. The molecule has 0 amide bonds. The number of hydrogen-bond donors (Lipinski definition) is 1. The minimum absolute atomic E-state index is 0.241. The Hall–Kier alpha value is -1.28. The fourth-order valence-corrected chi connectivity index (χ4v) is 4.72. The Morgan fingerprint density at radius 2 is 2.19 bits per heavy atom. The number of aromatic amines is 1. The Balaban J connectivity index is 1.73. The van der Waals surface area contributed by atoms with Crippen LogP contribution in [0, 0.1) is 5.92 Å². The number of aromatic nitrogens is 1. The van der Waals surface area contributed by atoms with E-state index in [4.69, 9.17) is 0 Å². The largest absolute Gasteiger partial charge is 0.357 e. The molecule has 0 aliphatic carbocycles. The van der Waals surface area contributed by atoms with Gasteiger partial charge in [-0.3, -0.25) is 4.90 Å². The van der Waals surface area contributed by atoms with Crippen LogP contribution in [-0.4, -0.2) is 23.0 Å². The molecule has 2 nitrogen and oxygen atoms in total. The van der Waals surface area contributed by atoms with E-state index in [1.165, 1.54) is 61.8 Å². The van der Waals surface area contributed by atoms with Crippen molar-refractivity contribution in [1.82, 2.24) is 9.88 Å². The fourth-order valence-electron chi connectivity index (χ4n) is 4.72. The van der Waals surface area contributed by atoms with Gasteiger partial charge in [0, 0.05) is 29.7 Å². The Labute approximate surface area is 127 Å². The maximum atomic E-state index is 3.76. The highest BCUT2D eigenvalue weighted by Crippen LogP contribution is 2.47. The average molecular weight is 282 g/mol. The molecule has 3 heterocycles. The first-order valence-electron chi connectivity index (χ1n) is 8.57. The van der Waals surface area contributed by atoms with Gasteiger partial charge in [0.15, 0.2) is 0 Å². The highest BCUT2D eigenvalue weighted by atomic mass is 15.2. The third kappa shape index (κ3) is 1.96. The summed E-state index contributed by atoms with van der Waals surface area (Å²) in [6.45, 7) is 7.30. The Kier molecular flexibility index (Phi) is 3.11. The van der Waals surface area contributed by atoms with E-state index < -0.39 is 0 Å². The normalized spacial score (nSPS) is 28.8. The topological polar surface area (TPSA) is 19.0 Å². The van der Waals surface area contributed by atoms with Gasteiger partial charge in [0.05, 0.1) is 5.54 Å². The van der Waals surface area contributed by atoms with Crippen LogP contribution >= 0.6 is 0 Å². The van der Waals surface area contributed by atoms with Crippen LogP contribution in [0.2, 0.25) is 0 Å². The standard InChI is InChI=1S/C19H26N2/c1-3-4-7-14-12-19(2)18-16(10-11-21(19)13-14)15-8-5-6-9-17(15)20-18/h5-6,8-9,14,20H,3-4,7,10-13H2,1-2H3/t14-,19-/m0/s1. The predicted molar refractivity (Wildman–Crippen MR) is 88.6 cm³/mol. The Morgan fingerprint density at radius 3 is 3.05 bits per heavy atom. The lowest BCUT2D eigenvalue weighted by atomic mass is 9.84. The van der Waals surface area contributed by atoms with Crippen LogP contribution in [0.25, 0.3) is 10.9 Å². The zero-order valence-electron chi connectivity index (χ0n) is 13.3. The monoisotopic (exact) mass is 282 g/mol. The van der Waals surface area contributed by atoms with Gasteiger partial charge in [0.2, 0.25) is 0 Å². The summed E-state index contributed by atoms with van der Waals surface area (Å²) in [7, 11) is 0. The number of unbranched alkanes of at least 4 members (excludes halogenated alkanes) is 1. The molecule has 1 aromatic carbocycles. The molecule has 0 saturated carbocycles. The van der Waals surface area contributed by atoms with Crippen LogP contribution < -0.4 is 0 Å². The van der Waals surface area contributed by atoms with Crippen LogP contribution in [0.4, 0.5) is 0 Å². The molecule has 0 bridgehead atoms. The summed E-state index contributed by atoms with van der Waals surface area (Å²) in [5.74, 6) is 0.882. The highest BCUT2D eigenvalue weighted by Gasteiger charge is 2.47. The van der Waals surface area contributed by atoms with Gasteiger partial charge in [-0.2, -0.15) is 0 Å². The third-order valence-electron chi connectivity index (χ3n) is 5.81. The zero-order chi connectivity index (χ0) is 14.4. The molecule has 2 aromatic rings. The number of H-pyrrole nitrogens is 1. The molecule has 0 radical (unpaired) electrons. The van der Waals surface area contributed by atoms with Gasteiger partial charge in [-0.05, 0) is 43.7 Å². The second-order valence-electron chi connectivity index (χ2n) is 7.21. The molecule has 1 N–H and O–H groups in total. The van der Waals surface area contributed by atoms with E-state index in [9.17, 15) is 0 Å². The summed E-state index contributed by atoms with van der Waals surface area (Å²) in [5, 5.41) is 1.45. The van der Waals surface area contributed by atoms with Crippen molar-refractivity contribution in [1.29, 1.82) is 0 Å². The predicted octanol–water partition coefficient (Wildman–Crippen LogP) is 4.45. The molecule has 112 valence electrons. The van der Waals surface area contributed by atoms with E-state index in [1.54, 1.807) is 5.56 Å². The SMILES string of the molecule is CCCC[C@@H]1CN2CCc3c([nH]c4ccccc34)[C@]2(C)C1.